The lowest BCUT2D eigenvalue weighted by molar-refractivity contribution is 0.0554. The van der Waals surface area contributed by atoms with E-state index >= 15 is 0 Å². The summed E-state index contributed by atoms with van der Waals surface area (Å²) in [5.41, 5.74) is 0.694. The number of piperidine rings is 1. The summed E-state index contributed by atoms with van der Waals surface area (Å²) in [5.74, 6) is 0.123. The van der Waals surface area contributed by atoms with Crippen molar-refractivity contribution in [2.24, 2.45) is 7.05 Å². The third-order valence-corrected chi connectivity index (χ3v) is 4.77. The SMILES string of the molecule is Cn1cc(Cl)cc1C(=O)N1CCCCC1C1CCCN1. The number of nitrogens with zero attached hydrogens (tertiary/aromatic N) is 2. The first-order valence-corrected chi connectivity index (χ1v) is 7.91. The summed E-state index contributed by atoms with van der Waals surface area (Å²) in [4.78, 5) is 14.9. The Morgan fingerprint density at radius 3 is 2.85 bits per heavy atom. The Morgan fingerprint density at radius 2 is 2.20 bits per heavy atom. The van der Waals surface area contributed by atoms with Crippen LogP contribution in [0, 0.1) is 0 Å². The van der Waals surface area contributed by atoms with E-state index < -0.39 is 0 Å². The highest BCUT2D eigenvalue weighted by atomic mass is 35.5. The van der Waals surface area contributed by atoms with Crippen molar-refractivity contribution in [3.8, 4) is 0 Å². The van der Waals surface area contributed by atoms with Crippen molar-refractivity contribution in [3.63, 3.8) is 0 Å². The summed E-state index contributed by atoms with van der Waals surface area (Å²) in [5, 5.41) is 4.18. The normalized spacial score (nSPS) is 27.0. The fourth-order valence-corrected chi connectivity index (χ4v) is 3.80. The van der Waals surface area contributed by atoms with Gasteiger partial charge in [0.25, 0.3) is 5.91 Å². The molecule has 2 atom stereocenters. The average molecular weight is 296 g/mol. The number of rotatable bonds is 2. The van der Waals surface area contributed by atoms with Gasteiger partial charge < -0.3 is 14.8 Å². The van der Waals surface area contributed by atoms with Crippen molar-refractivity contribution in [2.75, 3.05) is 13.1 Å². The minimum absolute atomic E-state index is 0.123. The van der Waals surface area contributed by atoms with Gasteiger partial charge in [-0.1, -0.05) is 11.6 Å². The van der Waals surface area contributed by atoms with Gasteiger partial charge in [0.2, 0.25) is 0 Å². The number of amides is 1. The standard InChI is InChI=1S/C15H22ClN3O/c1-18-10-11(16)9-14(18)15(20)19-8-3-2-6-13(19)12-5-4-7-17-12/h9-10,12-13,17H,2-8H2,1H3. The summed E-state index contributed by atoms with van der Waals surface area (Å²) in [6, 6.07) is 2.58. The number of carbonyl (C=O) groups excluding carboxylic acids is 1. The van der Waals surface area contributed by atoms with Crippen LogP contribution in [0.15, 0.2) is 12.3 Å². The summed E-state index contributed by atoms with van der Waals surface area (Å²) in [6.07, 6.45) is 7.64. The van der Waals surface area contributed by atoms with E-state index in [1.54, 1.807) is 12.3 Å². The second kappa shape index (κ2) is 5.78. The van der Waals surface area contributed by atoms with Gasteiger partial charge in [0.1, 0.15) is 5.69 Å². The smallest absolute Gasteiger partial charge is 0.270 e. The Labute approximate surface area is 125 Å². The van der Waals surface area contributed by atoms with Crippen LogP contribution in [0.25, 0.3) is 0 Å². The number of aromatic nitrogens is 1. The molecular weight excluding hydrogens is 274 g/mol. The zero-order valence-electron chi connectivity index (χ0n) is 11.9. The minimum atomic E-state index is 0.123. The van der Waals surface area contributed by atoms with Crippen LogP contribution in [0.1, 0.15) is 42.6 Å². The second-order valence-corrected chi connectivity index (χ2v) is 6.36. The van der Waals surface area contributed by atoms with E-state index in [-0.39, 0.29) is 5.91 Å². The molecule has 2 unspecified atom stereocenters. The molecule has 1 aromatic rings. The summed E-state index contributed by atoms with van der Waals surface area (Å²) in [6.45, 7) is 1.95. The lowest BCUT2D eigenvalue weighted by atomic mass is 9.94. The van der Waals surface area contributed by atoms with Gasteiger partial charge in [-0.2, -0.15) is 0 Å². The van der Waals surface area contributed by atoms with Crippen LogP contribution in [-0.4, -0.2) is 40.5 Å². The van der Waals surface area contributed by atoms with Gasteiger partial charge in [-0.25, -0.2) is 0 Å². The number of halogens is 1. The van der Waals surface area contributed by atoms with E-state index in [0.29, 0.717) is 22.8 Å². The number of likely N-dealkylation sites (tertiary alicyclic amines) is 1. The topological polar surface area (TPSA) is 37.3 Å². The van der Waals surface area contributed by atoms with Crippen LogP contribution in [0.5, 0.6) is 0 Å². The monoisotopic (exact) mass is 295 g/mol. The molecule has 20 heavy (non-hydrogen) atoms. The minimum Gasteiger partial charge on any atom is -0.345 e. The molecule has 2 saturated heterocycles. The maximum Gasteiger partial charge on any atom is 0.270 e. The molecule has 0 aliphatic carbocycles. The van der Waals surface area contributed by atoms with E-state index in [9.17, 15) is 4.79 Å². The number of carbonyl (C=O) groups is 1. The molecule has 1 N–H and O–H groups in total. The highest BCUT2D eigenvalue weighted by Gasteiger charge is 2.35. The number of aryl methyl sites for hydroxylation is 1. The van der Waals surface area contributed by atoms with E-state index in [1.165, 1.54) is 19.3 Å². The summed E-state index contributed by atoms with van der Waals surface area (Å²) >= 11 is 6.01. The maximum atomic E-state index is 12.8. The number of hydrogen-bond acceptors (Lipinski definition) is 2. The first-order chi connectivity index (χ1) is 9.66. The molecule has 3 heterocycles. The van der Waals surface area contributed by atoms with Crippen molar-refractivity contribution in [2.45, 2.75) is 44.2 Å². The maximum absolute atomic E-state index is 12.8. The Balaban J connectivity index is 1.82. The molecule has 1 aromatic heterocycles. The predicted molar refractivity (Wildman–Crippen MR) is 80.1 cm³/mol. The molecule has 110 valence electrons. The fourth-order valence-electron chi connectivity index (χ4n) is 3.55. The Morgan fingerprint density at radius 1 is 1.35 bits per heavy atom. The molecular formula is C15H22ClN3O. The fraction of sp³-hybridized carbons (Fsp3) is 0.667. The third-order valence-electron chi connectivity index (χ3n) is 4.56. The van der Waals surface area contributed by atoms with Crippen molar-refractivity contribution in [3.05, 3.63) is 23.0 Å². The van der Waals surface area contributed by atoms with Crippen LogP contribution >= 0.6 is 11.6 Å². The summed E-state index contributed by atoms with van der Waals surface area (Å²) in [7, 11) is 1.88. The highest BCUT2D eigenvalue weighted by Crippen LogP contribution is 2.26. The Hall–Kier alpha value is -1.00. The van der Waals surface area contributed by atoms with E-state index in [1.807, 2.05) is 11.6 Å². The average Bonchev–Trinajstić information content (AvgIpc) is 3.07. The first-order valence-electron chi connectivity index (χ1n) is 7.53. The largest absolute Gasteiger partial charge is 0.345 e. The summed E-state index contributed by atoms with van der Waals surface area (Å²) < 4.78 is 1.83. The molecule has 0 aromatic carbocycles. The van der Waals surface area contributed by atoms with Crippen LogP contribution in [-0.2, 0) is 7.05 Å². The molecule has 2 aliphatic rings. The van der Waals surface area contributed by atoms with Gasteiger partial charge in [-0.05, 0) is 44.7 Å². The molecule has 1 amide bonds. The van der Waals surface area contributed by atoms with Gasteiger partial charge in [0.15, 0.2) is 0 Å². The predicted octanol–water partition coefficient (Wildman–Crippen LogP) is 2.43. The molecule has 0 saturated carbocycles. The van der Waals surface area contributed by atoms with Crippen molar-refractivity contribution in [1.82, 2.24) is 14.8 Å². The van der Waals surface area contributed by atoms with Gasteiger partial charge in [0.05, 0.1) is 5.02 Å². The van der Waals surface area contributed by atoms with Gasteiger partial charge in [-0.15, -0.1) is 0 Å². The van der Waals surface area contributed by atoms with Gasteiger partial charge in [0, 0.05) is 31.9 Å². The molecule has 5 heteroatoms. The zero-order valence-corrected chi connectivity index (χ0v) is 12.7. The molecule has 3 rings (SSSR count). The van der Waals surface area contributed by atoms with Crippen molar-refractivity contribution in [1.29, 1.82) is 0 Å². The lowest BCUT2D eigenvalue weighted by Gasteiger charge is -2.39. The first kappa shape index (κ1) is 14.0. The van der Waals surface area contributed by atoms with E-state index in [2.05, 4.69) is 10.2 Å². The van der Waals surface area contributed by atoms with Gasteiger partial charge in [-0.3, -0.25) is 4.79 Å². The molecule has 4 nitrogen and oxygen atoms in total. The van der Waals surface area contributed by atoms with Crippen LogP contribution in [0.4, 0.5) is 0 Å². The molecule has 0 spiro atoms. The van der Waals surface area contributed by atoms with Crippen LogP contribution in [0.3, 0.4) is 0 Å². The quantitative estimate of drug-likeness (QED) is 0.910. The zero-order chi connectivity index (χ0) is 14.1. The third kappa shape index (κ3) is 2.59. The Bertz CT molecular complexity index is 493. The van der Waals surface area contributed by atoms with E-state index in [0.717, 1.165) is 25.9 Å². The van der Waals surface area contributed by atoms with Crippen molar-refractivity contribution < 1.29 is 4.79 Å². The number of nitrogens with one attached hydrogen (secondary N) is 1. The molecule has 2 aliphatic heterocycles. The van der Waals surface area contributed by atoms with Crippen LogP contribution < -0.4 is 5.32 Å². The van der Waals surface area contributed by atoms with E-state index in [4.69, 9.17) is 11.6 Å². The number of hydrogen-bond donors (Lipinski definition) is 1. The molecule has 0 bridgehead atoms. The molecule has 2 fully saturated rings. The molecule has 0 radical (unpaired) electrons. The van der Waals surface area contributed by atoms with Crippen LogP contribution in [0.2, 0.25) is 5.02 Å². The lowest BCUT2D eigenvalue weighted by Crippen LogP contribution is -2.52. The Kier molecular flexibility index (Phi) is 4.03. The van der Waals surface area contributed by atoms with Crippen molar-refractivity contribution >= 4 is 17.5 Å². The highest BCUT2D eigenvalue weighted by molar-refractivity contribution is 6.31. The van der Waals surface area contributed by atoms with Gasteiger partial charge >= 0.3 is 0 Å². The second-order valence-electron chi connectivity index (χ2n) is 5.92.